The third-order valence-electron chi connectivity index (χ3n) is 2.84. The summed E-state index contributed by atoms with van der Waals surface area (Å²) < 4.78 is 13.1. The van der Waals surface area contributed by atoms with E-state index in [1.54, 1.807) is 31.0 Å². The first-order valence-corrected chi connectivity index (χ1v) is 5.84. The van der Waals surface area contributed by atoms with Gasteiger partial charge >= 0.3 is 5.97 Å². The van der Waals surface area contributed by atoms with E-state index in [1.165, 1.54) is 12.1 Å². The number of carboxylic acid groups (broad SMARTS) is 1. The Labute approximate surface area is 106 Å². The van der Waals surface area contributed by atoms with Crippen LogP contribution < -0.4 is 10.2 Å². The molecule has 0 saturated carbocycles. The highest BCUT2D eigenvalue weighted by molar-refractivity contribution is 5.79. The third-order valence-corrected chi connectivity index (χ3v) is 2.84. The molecular formula is C13H19FN2O2. The van der Waals surface area contributed by atoms with Crippen molar-refractivity contribution in [1.29, 1.82) is 0 Å². The number of nitrogens with one attached hydrogen (secondary N) is 1. The van der Waals surface area contributed by atoms with Crippen LogP contribution in [0.3, 0.4) is 0 Å². The summed E-state index contributed by atoms with van der Waals surface area (Å²) in [6.07, 6.45) is 0. The van der Waals surface area contributed by atoms with Gasteiger partial charge in [0.2, 0.25) is 0 Å². The van der Waals surface area contributed by atoms with Crippen LogP contribution in [0.5, 0.6) is 0 Å². The number of likely N-dealkylation sites (N-methyl/N-ethyl adjacent to an activating group) is 2. The molecular weight excluding hydrogens is 235 g/mol. The zero-order chi connectivity index (χ0) is 13.8. The van der Waals surface area contributed by atoms with E-state index in [4.69, 9.17) is 0 Å². The number of nitrogens with zero attached hydrogens (tertiary/aromatic N) is 1. The molecule has 5 heteroatoms. The zero-order valence-electron chi connectivity index (χ0n) is 10.9. The van der Waals surface area contributed by atoms with Gasteiger partial charge in [-0.15, -0.1) is 0 Å². The minimum Gasteiger partial charge on any atom is -0.480 e. The van der Waals surface area contributed by atoms with E-state index in [0.717, 1.165) is 0 Å². The van der Waals surface area contributed by atoms with Gasteiger partial charge < -0.3 is 15.3 Å². The number of benzene rings is 1. The number of carbonyl (C=O) groups is 1. The minimum absolute atomic E-state index is 0.250. The van der Waals surface area contributed by atoms with Crippen molar-refractivity contribution in [2.24, 2.45) is 0 Å². The summed E-state index contributed by atoms with van der Waals surface area (Å²) in [6.45, 7) is 4.28. The maximum Gasteiger partial charge on any atom is 0.325 e. The van der Waals surface area contributed by atoms with Crippen LogP contribution in [0.15, 0.2) is 24.3 Å². The Morgan fingerprint density at radius 1 is 1.56 bits per heavy atom. The van der Waals surface area contributed by atoms with Gasteiger partial charge in [0, 0.05) is 19.3 Å². The molecule has 0 aromatic heterocycles. The summed E-state index contributed by atoms with van der Waals surface area (Å²) >= 11 is 0. The molecule has 18 heavy (non-hydrogen) atoms. The zero-order valence-corrected chi connectivity index (χ0v) is 10.9. The molecule has 0 radical (unpaired) electrons. The van der Waals surface area contributed by atoms with Gasteiger partial charge in [-0.25, -0.2) is 4.39 Å². The van der Waals surface area contributed by atoms with E-state index >= 15 is 0 Å². The lowest BCUT2D eigenvalue weighted by atomic mass is 10.0. The predicted molar refractivity (Wildman–Crippen MR) is 69.4 cm³/mol. The first-order valence-electron chi connectivity index (χ1n) is 5.84. The second-order valence-corrected chi connectivity index (χ2v) is 4.50. The molecule has 1 aromatic rings. The van der Waals surface area contributed by atoms with E-state index in [2.05, 4.69) is 5.32 Å². The molecule has 1 aromatic carbocycles. The van der Waals surface area contributed by atoms with E-state index in [-0.39, 0.29) is 12.4 Å². The molecule has 0 aliphatic heterocycles. The fourth-order valence-corrected chi connectivity index (χ4v) is 1.87. The van der Waals surface area contributed by atoms with Crippen LogP contribution in [-0.4, -0.2) is 36.8 Å². The van der Waals surface area contributed by atoms with Crippen molar-refractivity contribution in [3.63, 3.8) is 0 Å². The fourth-order valence-electron chi connectivity index (χ4n) is 1.87. The van der Waals surface area contributed by atoms with Crippen molar-refractivity contribution in [2.45, 2.75) is 19.4 Å². The quantitative estimate of drug-likeness (QED) is 0.811. The predicted octanol–water partition coefficient (Wildman–Crippen LogP) is 1.71. The first-order chi connectivity index (χ1) is 8.39. The second kappa shape index (κ2) is 5.82. The molecule has 1 atom stereocenters. The van der Waals surface area contributed by atoms with Crippen LogP contribution in [0.25, 0.3) is 0 Å². The molecule has 0 aliphatic carbocycles. The number of carboxylic acids is 1. The van der Waals surface area contributed by atoms with Gasteiger partial charge in [-0.3, -0.25) is 4.79 Å². The Bertz CT molecular complexity index is 425. The van der Waals surface area contributed by atoms with Crippen LogP contribution >= 0.6 is 0 Å². The highest BCUT2D eigenvalue weighted by atomic mass is 19.1. The summed E-state index contributed by atoms with van der Waals surface area (Å²) in [5.74, 6) is -1.26. The molecule has 0 spiro atoms. The number of rotatable bonds is 6. The maximum atomic E-state index is 13.1. The summed E-state index contributed by atoms with van der Waals surface area (Å²) in [5, 5.41) is 12.2. The molecule has 1 unspecified atom stereocenters. The average Bonchev–Trinajstić information content (AvgIpc) is 2.29. The van der Waals surface area contributed by atoms with Gasteiger partial charge in [-0.1, -0.05) is 13.0 Å². The largest absolute Gasteiger partial charge is 0.480 e. The fraction of sp³-hybridized carbons (Fsp3) is 0.462. The molecule has 0 amide bonds. The highest BCUT2D eigenvalue weighted by Gasteiger charge is 2.33. The van der Waals surface area contributed by atoms with Gasteiger partial charge in [0.05, 0.1) is 0 Å². The van der Waals surface area contributed by atoms with Crippen LogP contribution in [0.1, 0.15) is 13.8 Å². The second-order valence-electron chi connectivity index (χ2n) is 4.50. The molecule has 0 saturated heterocycles. The number of hydrogen-bond donors (Lipinski definition) is 2. The summed E-state index contributed by atoms with van der Waals surface area (Å²) in [5.41, 5.74) is -0.407. The van der Waals surface area contributed by atoms with Gasteiger partial charge in [0.25, 0.3) is 0 Å². The summed E-state index contributed by atoms with van der Waals surface area (Å²) in [6, 6.07) is 6.09. The number of anilines is 1. The normalized spacial score (nSPS) is 14.0. The average molecular weight is 254 g/mol. The van der Waals surface area contributed by atoms with Gasteiger partial charge in [-0.05, 0) is 31.7 Å². The molecule has 2 N–H and O–H groups in total. The van der Waals surface area contributed by atoms with Crippen molar-refractivity contribution in [3.05, 3.63) is 30.1 Å². The molecule has 4 nitrogen and oxygen atoms in total. The lowest BCUT2D eigenvalue weighted by Gasteiger charge is -2.32. The highest BCUT2D eigenvalue weighted by Crippen LogP contribution is 2.17. The van der Waals surface area contributed by atoms with Crippen molar-refractivity contribution < 1.29 is 14.3 Å². The van der Waals surface area contributed by atoms with E-state index in [0.29, 0.717) is 12.2 Å². The topological polar surface area (TPSA) is 52.6 Å². The van der Waals surface area contributed by atoms with Gasteiger partial charge in [0.15, 0.2) is 0 Å². The van der Waals surface area contributed by atoms with Crippen molar-refractivity contribution in [1.82, 2.24) is 5.32 Å². The first kappa shape index (κ1) is 14.4. The standard InChI is InChI=1S/C13H19FN2O2/c1-4-15-13(2,12(17)18)9-16(3)11-7-5-6-10(14)8-11/h5-8,15H,4,9H2,1-3H3,(H,17,18). The lowest BCUT2D eigenvalue weighted by molar-refractivity contribution is -0.143. The maximum absolute atomic E-state index is 13.1. The lowest BCUT2D eigenvalue weighted by Crippen LogP contribution is -2.56. The van der Waals surface area contributed by atoms with E-state index in [1.807, 2.05) is 6.92 Å². The van der Waals surface area contributed by atoms with Crippen LogP contribution in [0.4, 0.5) is 10.1 Å². The van der Waals surface area contributed by atoms with Crippen LogP contribution in [-0.2, 0) is 4.79 Å². The molecule has 100 valence electrons. The Morgan fingerprint density at radius 2 is 2.22 bits per heavy atom. The molecule has 0 heterocycles. The Morgan fingerprint density at radius 3 is 2.72 bits per heavy atom. The SMILES string of the molecule is CCNC(C)(CN(C)c1cccc(F)c1)C(=O)O. The van der Waals surface area contributed by atoms with Gasteiger partial charge in [-0.2, -0.15) is 0 Å². The monoisotopic (exact) mass is 254 g/mol. The van der Waals surface area contributed by atoms with E-state index < -0.39 is 11.5 Å². The van der Waals surface area contributed by atoms with Crippen molar-refractivity contribution >= 4 is 11.7 Å². The van der Waals surface area contributed by atoms with Crippen molar-refractivity contribution in [3.8, 4) is 0 Å². The van der Waals surface area contributed by atoms with Crippen LogP contribution in [0, 0.1) is 5.82 Å². The van der Waals surface area contributed by atoms with Crippen LogP contribution in [0.2, 0.25) is 0 Å². The molecule has 0 bridgehead atoms. The minimum atomic E-state index is -1.06. The number of halogens is 1. The molecule has 0 fully saturated rings. The smallest absolute Gasteiger partial charge is 0.325 e. The number of hydrogen-bond acceptors (Lipinski definition) is 3. The summed E-state index contributed by atoms with van der Waals surface area (Å²) in [7, 11) is 1.74. The van der Waals surface area contributed by atoms with Gasteiger partial charge in [0.1, 0.15) is 11.4 Å². The third kappa shape index (κ3) is 3.43. The Kier molecular flexibility index (Phi) is 4.67. The Balaban J connectivity index is 2.85. The van der Waals surface area contributed by atoms with E-state index in [9.17, 15) is 14.3 Å². The number of aliphatic carboxylic acids is 1. The molecule has 1 rings (SSSR count). The van der Waals surface area contributed by atoms with Crippen molar-refractivity contribution in [2.75, 3.05) is 25.0 Å². The Hall–Kier alpha value is -1.62. The summed E-state index contributed by atoms with van der Waals surface area (Å²) in [4.78, 5) is 13.0. The molecule has 0 aliphatic rings.